The van der Waals surface area contributed by atoms with Gasteiger partial charge >= 0.3 is 6.18 Å². The van der Waals surface area contributed by atoms with Gasteiger partial charge in [0.15, 0.2) is 17.8 Å². The first kappa shape index (κ1) is 29.9. The maximum atomic E-state index is 13.7. The molecular formula is C30H30F3N5O5. The lowest BCUT2D eigenvalue weighted by molar-refractivity contribution is -0.141. The van der Waals surface area contributed by atoms with E-state index < -0.39 is 29.3 Å². The quantitative estimate of drug-likeness (QED) is 0.302. The van der Waals surface area contributed by atoms with Crippen molar-refractivity contribution >= 4 is 35.6 Å². The summed E-state index contributed by atoms with van der Waals surface area (Å²) in [5.74, 6) is -2.71. The van der Waals surface area contributed by atoms with E-state index in [0.717, 1.165) is 12.8 Å². The van der Waals surface area contributed by atoms with Crippen LogP contribution in [0.1, 0.15) is 59.2 Å². The van der Waals surface area contributed by atoms with Gasteiger partial charge in [0.1, 0.15) is 0 Å². The van der Waals surface area contributed by atoms with Crippen LogP contribution >= 0.6 is 0 Å². The number of alkyl halides is 3. The minimum absolute atomic E-state index is 0.218. The summed E-state index contributed by atoms with van der Waals surface area (Å²) in [6, 6.07) is 9.40. The normalized spacial score (nSPS) is 17.9. The van der Waals surface area contributed by atoms with E-state index in [1.807, 2.05) is 6.92 Å². The first-order valence-electron chi connectivity index (χ1n) is 14.0. The zero-order valence-corrected chi connectivity index (χ0v) is 23.4. The van der Waals surface area contributed by atoms with Gasteiger partial charge in [-0.2, -0.15) is 18.2 Å². The molecule has 2 fully saturated rings. The number of aromatic nitrogens is 2. The van der Waals surface area contributed by atoms with Crippen LogP contribution in [0.25, 0.3) is 11.3 Å². The van der Waals surface area contributed by atoms with Gasteiger partial charge in [0.2, 0.25) is 5.76 Å². The summed E-state index contributed by atoms with van der Waals surface area (Å²) < 4.78 is 46.5. The Kier molecular flexibility index (Phi) is 8.60. The molecule has 1 aromatic carbocycles. The molecule has 2 amide bonds. The van der Waals surface area contributed by atoms with Crippen LogP contribution in [0.4, 0.5) is 24.9 Å². The van der Waals surface area contributed by atoms with E-state index in [2.05, 4.69) is 15.3 Å². The van der Waals surface area contributed by atoms with Crippen LogP contribution in [-0.4, -0.2) is 64.9 Å². The van der Waals surface area contributed by atoms with Crippen molar-refractivity contribution in [2.75, 3.05) is 36.4 Å². The number of anilines is 2. The third kappa shape index (κ3) is 6.76. The van der Waals surface area contributed by atoms with Gasteiger partial charge in [0.05, 0.1) is 11.3 Å². The molecular weight excluding hydrogens is 567 g/mol. The SMILES string of the molecule is CC1CCCN(c2nc(C(F)(F)F)c(C(=O)Nc3ccc(-c4ccc(C(=O)N5CCC(C(=O)C=O)CC5)cn4)cc3)o2)C1. The zero-order valence-electron chi connectivity index (χ0n) is 23.4. The summed E-state index contributed by atoms with van der Waals surface area (Å²) in [5.41, 5.74) is 0.447. The van der Waals surface area contributed by atoms with Crippen molar-refractivity contribution in [3.63, 3.8) is 0 Å². The molecule has 0 spiro atoms. The number of ketones is 1. The first-order valence-corrected chi connectivity index (χ1v) is 14.0. The minimum Gasteiger partial charge on any atom is -0.417 e. The summed E-state index contributed by atoms with van der Waals surface area (Å²) in [5, 5.41) is 2.45. The largest absolute Gasteiger partial charge is 0.437 e. The van der Waals surface area contributed by atoms with Gasteiger partial charge in [-0.1, -0.05) is 19.1 Å². The van der Waals surface area contributed by atoms with Crippen molar-refractivity contribution in [1.82, 2.24) is 14.9 Å². The second-order valence-corrected chi connectivity index (χ2v) is 10.9. The number of benzene rings is 1. The van der Waals surface area contributed by atoms with E-state index in [1.54, 1.807) is 34.1 Å². The summed E-state index contributed by atoms with van der Waals surface area (Å²) in [4.78, 5) is 59.3. The van der Waals surface area contributed by atoms with Gasteiger partial charge in [0.25, 0.3) is 17.8 Å². The highest BCUT2D eigenvalue weighted by molar-refractivity contribution is 6.26. The Bertz CT molecular complexity index is 1500. The lowest BCUT2D eigenvalue weighted by atomic mass is 9.93. The Morgan fingerprint density at radius 1 is 1.02 bits per heavy atom. The van der Waals surface area contributed by atoms with Gasteiger partial charge in [0, 0.05) is 49.5 Å². The standard InChI is InChI=1S/C30H30F3N5O5/c1-18-3-2-12-38(16-18)29-36-26(30(31,32)33)25(43-29)27(41)35-22-7-4-19(5-8-22)23-9-6-21(15-34-23)28(42)37-13-10-20(11-14-37)24(40)17-39/h4-9,15,17-18,20H,2-3,10-14,16H2,1H3,(H,35,41). The predicted octanol–water partition coefficient (Wildman–Crippen LogP) is 4.86. The number of piperidine rings is 2. The Morgan fingerprint density at radius 2 is 1.74 bits per heavy atom. The van der Waals surface area contributed by atoms with Crippen LogP contribution in [0.5, 0.6) is 0 Å². The molecule has 1 N–H and O–H groups in total. The number of carbonyl (C=O) groups is 4. The Balaban J connectivity index is 1.23. The van der Waals surface area contributed by atoms with Crippen LogP contribution in [0, 0.1) is 11.8 Å². The topological polar surface area (TPSA) is 126 Å². The molecule has 2 saturated heterocycles. The number of amides is 2. The number of hydrogen-bond acceptors (Lipinski definition) is 8. The predicted molar refractivity (Wildman–Crippen MR) is 149 cm³/mol. The van der Waals surface area contributed by atoms with E-state index in [1.165, 1.54) is 18.3 Å². The number of nitrogens with one attached hydrogen (secondary N) is 1. The molecule has 0 bridgehead atoms. The molecule has 2 aliphatic rings. The van der Waals surface area contributed by atoms with Gasteiger partial charge < -0.3 is 19.5 Å². The fourth-order valence-corrected chi connectivity index (χ4v) is 5.40. The number of pyridine rings is 1. The van der Waals surface area contributed by atoms with Gasteiger partial charge in [-0.25, -0.2) is 0 Å². The molecule has 43 heavy (non-hydrogen) atoms. The van der Waals surface area contributed by atoms with Crippen molar-refractivity contribution < 1.29 is 36.8 Å². The average Bonchev–Trinajstić information content (AvgIpc) is 3.48. The molecule has 0 aliphatic carbocycles. The monoisotopic (exact) mass is 597 g/mol. The molecule has 1 atom stereocenters. The molecule has 1 unspecified atom stereocenters. The smallest absolute Gasteiger partial charge is 0.417 e. The van der Waals surface area contributed by atoms with Crippen LogP contribution < -0.4 is 10.2 Å². The third-order valence-electron chi connectivity index (χ3n) is 7.77. The van der Waals surface area contributed by atoms with E-state index in [-0.39, 0.29) is 29.4 Å². The van der Waals surface area contributed by atoms with Crippen LogP contribution in [0.2, 0.25) is 0 Å². The molecule has 2 aliphatic heterocycles. The highest BCUT2D eigenvalue weighted by atomic mass is 19.4. The second kappa shape index (κ2) is 12.4. The van der Waals surface area contributed by atoms with Crippen molar-refractivity contribution in [2.45, 2.75) is 38.8 Å². The number of oxazole rings is 1. The Morgan fingerprint density at radius 3 is 2.35 bits per heavy atom. The summed E-state index contributed by atoms with van der Waals surface area (Å²) in [7, 11) is 0. The minimum atomic E-state index is -4.87. The molecule has 0 saturated carbocycles. The molecule has 226 valence electrons. The molecule has 4 heterocycles. The van der Waals surface area contributed by atoms with Gasteiger partial charge in [-0.15, -0.1) is 0 Å². The molecule has 10 nitrogen and oxygen atoms in total. The van der Waals surface area contributed by atoms with E-state index in [9.17, 15) is 32.3 Å². The molecule has 2 aromatic heterocycles. The maximum absolute atomic E-state index is 13.7. The maximum Gasteiger partial charge on any atom is 0.437 e. The number of halogens is 3. The van der Waals surface area contributed by atoms with Crippen LogP contribution in [0.3, 0.4) is 0 Å². The Labute approximate surface area is 245 Å². The number of hydrogen-bond donors (Lipinski definition) is 1. The number of rotatable bonds is 7. The van der Waals surface area contributed by atoms with Crippen molar-refractivity contribution in [1.29, 1.82) is 0 Å². The highest BCUT2D eigenvalue weighted by Crippen LogP contribution is 2.35. The van der Waals surface area contributed by atoms with Crippen molar-refractivity contribution in [3.05, 3.63) is 59.6 Å². The molecule has 13 heteroatoms. The fourth-order valence-electron chi connectivity index (χ4n) is 5.40. The summed E-state index contributed by atoms with van der Waals surface area (Å²) in [6.07, 6.45) is -0.480. The van der Waals surface area contributed by atoms with Crippen molar-refractivity contribution in [3.8, 4) is 11.3 Å². The summed E-state index contributed by atoms with van der Waals surface area (Å²) >= 11 is 0. The van der Waals surface area contributed by atoms with E-state index in [0.29, 0.717) is 62.1 Å². The molecule has 5 rings (SSSR count). The Hall–Kier alpha value is -4.55. The molecule has 0 radical (unpaired) electrons. The number of nitrogens with zero attached hydrogens (tertiary/aromatic N) is 4. The van der Waals surface area contributed by atoms with Gasteiger partial charge in [-0.05, 0) is 55.9 Å². The number of Topliss-reactive ketones (excluding diaryl/α,β-unsaturated/α-hetero) is 1. The number of likely N-dealkylation sites (tertiary alicyclic amines) is 1. The number of carbonyl (C=O) groups excluding carboxylic acids is 4. The lowest BCUT2D eigenvalue weighted by Crippen LogP contribution is -2.40. The fraction of sp³-hybridized carbons (Fsp3) is 0.400. The second-order valence-electron chi connectivity index (χ2n) is 10.9. The third-order valence-corrected chi connectivity index (χ3v) is 7.77. The highest BCUT2D eigenvalue weighted by Gasteiger charge is 2.42. The molecule has 3 aromatic rings. The van der Waals surface area contributed by atoms with Crippen molar-refractivity contribution in [2.24, 2.45) is 11.8 Å². The summed E-state index contributed by atoms with van der Waals surface area (Å²) in [6.45, 7) is 3.73. The zero-order chi connectivity index (χ0) is 30.7. The van der Waals surface area contributed by atoms with Crippen LogP contribution in [0.15, 0.2) is 47.0 Å². The lowest BCUT2D eigenvalue weighted by Gasteiger charge is -2.30. The first-order chi connectivity index (χ1) is 20.5. The van der Waals surface area contributed by atoms with E-state index >= 15 is 0 Å². The number of aldehydes is 1. The average molecular weight is 598 g/mol. The van der Waals surface area contributed by atoms with Gasteiger partial charge in [-0.3, -0.25) is 24.2 Å². The van der Waals surface area contributed by atoms with Crippen LogP contribution in [-0.2, 0) is 15.8 Å². The van der Waals surface area contributed by atoms with E-state index in [4.69, 9.17) is 4.42 Å².